The van der Waals surface area contributed by atoms with Crippen LogP contribution in [0.2, 0.25) is 0 Å². The van der Waals surface area contributed by atoms with E-state index in [-0.39, 0.29) is 10.8 Å². The van der Waals surface area contributed by atoms with E-state index in [0.717, 1.165) is 5.76 Å². The zero-order chi connectivity index (χ0) is 21.0. The third-order valence-corrected chi connectivity index (χ3v) is 7.11. The molecular weight excluding hydrogens is 394 g/mol. The quantitative estimate of drug-likeness (QED) is 0.736. The SMILES string of the molecule is Cc1ccc(NC(=O)[C@H](C)N(C)Cc2ccco2)cc1S(=O)(=O)N1CCOCC1. The average molecular weight is 422 g/mol. The van der Waals surface area contributed by atoms with E-state index in [9.17, 15) is 13.2 Å². The van der Waals surface area contributed by atoms with Crippen molar-refractivity contribution in [3.63, 3.8) is 0 Å². The number of carbonyl (C=O) groups is 1. The van der Waals surface area contributed by atoms with E-state index in [1.165, 1.54) is 10.4 Å². The zero-order valence-electron chi connectivity index (χ0n) is 16.9. The van der Waals surface area contributed by atoms with Crippen LogP contribution in [0.3, 0.4) is 0 Å². The van der Waals surface area contributed by atoms with Crippen molar-refractivity contribution in [1.29, 1.82) is 0 Å². The largest absolute Gasteiger partial charge is 0.468 e. The maximum Gasteiger partial charge on any atom is 0.243 e. The second kappa shape index (κ2) is 9.08. The van der Waals surface area contributed by atoms with Gasteiger partial charge in [-0.2, -0.15) is 4.31 Å². The molecule has 0 bridgehead atoms. The second-order valence-corrected chi connectivity index (χ2v) is 9.06. The van der Waals surface area contributed by atoms with E-state index in [4.69, 9.17) is 9.15 Å². The van der Waals surface area contributed by atoms with Gasteiger partial charge >= 0.3 is 0 Å². The fourth-order valence-electron chi connectivity index (χ4n) is 3.11. The summed E-state index contributed by atoms with van der Waals surface area (Å²) >= 11 is 0. The Bertz CT molecular complexity index is 937. The molecule has 1 aromatic heterocycles. The molecule has 0 spiro atoms. The summed E-state index contributed by atoms with van der Waals surface area (Å²) in [5.41, 5.74) is 1.09. The maximum atomic E-state index is 13.0. The first-order valence-corrected chi connectivity index (χ1v) is 10.9. The molecule has 29 heavy (non-hydrogen) atoms. The van der Waals surface area contributed by atoms with Gasteiger partial charge in [0.05, 0.1) is 37.0 Å². The Morgan fingerprint density at radius 2 is 2.00 bits per heavy atom. The molecule has 158 valence electrons. The first-order valence-electron chi connectivity index (χ1n) is 9.51. The number of anilines is 1. The number of sulfonamides is 1. The van der Waals surface area contributed by atoms with Crippen molar-refractivity contribution < 1.29 is 22.4 Å². The van der Waals surface area contributed by atoms with Gasteiger partial charge in [0.25, 0.3) is 0 Å². The number of aryl methyl sites for hydroxylation is 1. The maximum absolute atomic E-state index is 13.0. The number of amides is 1. The number of furan rings is 1. The minimum Gasteiger partial charge on any atom is -0.468 e. The lowest BCUT2D eigenvalue weighted by molar-refractivity contribution is -0.120. The van der Waals surface area contributed by atoms with E-state index in [1.54, 1.807) is 38.3 Å². The number of ether oxygens (including phenoxy) is 1. The molecule has 0 radical (unpaired) electrons. The molecular formula is C20H27N3O5S. The van der Waals surface area contributed by atoms with E-state index in [2.05, 4.69) is 5.32 Å². The molecule has 1 N–H and O–H groups in total. The summed E-state index contributed by atoms with van der Waals surface area (Å²) in [6.07, 6.45) is 1.59. The van der Waals surface area contributed by atoms with Crippen LogP contribution >= 0.6 is 0 Å². The fourth-order valence-corrected chi connectivity index (χ4v) is 4.77. The van der Waals surface area contributed by atoms with Crippen LogP contribution in [0, 0.1) is 6.92 Å². The number of rotatable bonds is 7. The highest BCUT2D eigenvalue weighted by Gasteiger charge is 2.28. The minimum atomic E-state index is -3.64. The fraction of sp³-hybridized carbons (Fsp3) is 0.450. The number of nitrogens with one attached hydrogen (secondary N) is 1. The van der Waals surface area contributed by atoms with Gasteiger partial charge in [0.15, 0.2) is 0 Å². The summed E-state index contributed by atoms with van der Waals surface area (Å²) in [7, 11) is -1.81. The van der Waals surface area contributed by atoms with Gasteiger partial charge in [0.2, 0.25) is 15.9 Å². The molecule has 2 aromatic rings. The summed E-state index contributed by atoms with van der Waals surface area (Å²) < 4.78 is 38.0. The smallest absolute Gasteiger partial charge is 0.243 e. The number of likely N-dealkylation sites (N-methyl/N-ethyl adjacent to an activating group) is 1. The zero-order valence-corrected chi connectivity index (χ0v) is 17.7. The summed E-state index contributed by atoms with van der Waals surface area (Å²) in [5, 5.41) is 2.83. The number of morpholine rings is 1. The van der Waals surface area contributed by atoms with Crippen LogP contribution in [-0.2, 0) is 26.1 Å². The predicted octanol–water partition coefficient (Wildman–Crippen LogP) is 2.07. The van der Waals surface area contributed by atoms with Gasteiger partial charge in [0, 0.05) is 18.8 Å². The number of hydrogen-bond acceptors (Lipinski definition) is 6. The van der Waals surface area contributed by atoms with E-state index >= 15 is 0 Å². The van der Waals surface area contributed by atoms with Gasteiger partial charge in [0.1, 0.15) is 5.76 Å². The highest BCUT2D eigenvalue weighted by molar-refractivity contribution is 7.89. The molecule has 0 unspecified atom stereocenters. The summed E-state index contributed by atoms with van der Waals surface area (Å²) in [5.74, 6) is 0.541. The summed E-state index contributed by atoms with van der Waals surface area (Å²) in [6, 6.07) is 8.17. The molecule has 2 heterocycles. The van der Waals surface area contributed by atoms with Gasteiger partial charge in [-0.3, -0.25) is 9.69 Å². The van der Waals surface area contributed by atoms with Crippen LogP contribution in [0.25, 0.3) is 0 Å². The molecule has 1 amide bonds. The predicted molar refractivity (Wildman–Crippen MR) is 109 cm³/mol. The Morgan fingerprint density at radius 3 is 2.66 bits per heavy atom. The van der Waals surface area contributed by atoms with Crippen molar-refractivity contribution in [3.8, 4) is 0 Å². The molecule has 1 aromatic carbocycles. The Morgan fingerprint density at radius 1 is 1.28 bits per heavy atom. The van der Waals surface area contributed by atoms with E-state index < -0.39 is 16.1 Å². The first kappa shape index (κ1) is 21.5. The van der Waals surface area contributed by atoms with Crippen molar-refractivity contribution in [2.75, 3.05) is 38.7 Å². The lowest BCUT2D eigenvalue weighted by Gasteiger charge is -2.27. The van der Waals surface area contributed by atoms with Gasteiger partial charge in [-0.15, -0.1) is 0 Å². The second-order valence-electron chi connectivity index (χ2n) is 7.16. The third kappa shape index (κ3) is 5.05. The van der Waals surface area contributed by atoms with Crippen molar-refractivity contribution >= 4 is 21.6 Å². The first-order chi connectivity index (χ1) is 13.8. The number of carbonyl (C=O) groups excluding carboxylic acids is 1. The highest BCUT2D eigenvalue weighted by Crippen LogP contribution is 2.24. The Hall–Kier alpha value is -2.20. The topological polar surface area (TPSA) is 92.1 Å². The minimum absolute atomic E-state index is 0.203. The normalized spacial score (nSPS) is 16.7. The molecule has 1 atom stereocenters. The van der Waals surface area contributed by atoms with Crippen LogP contribution < -0.4 is 5.32 Å². The van der Waals surface area contributed by atoms with Crippen molar-refractivity contribution in [2.24, 2.45) is 0 Å². The van der Waals surface area contributed by atoms with Crippen LogP contribution in [0.5, 0.6) is 0 Å². The summed E-state index contributed by atoms with van der Waals surface area (Å²) in [4.78, 5) is 14.7. The van der Waals surface area contributed by atoms with Gasteiger partial charge in [-0.1, -0.05) is 6.07 Å². The molecule has 3 rings (SSSR count). The molecule has 9 heteroatoms. The lowest BCUT2D eigenvalue weighted by Crippen LogP contribution is -2.41. The van der Waals surface area contributed by atoms with Gasteiger partial charge < -0.3 is 14.5 Å². The molecule has 8 nitrogen and oxygen atoms in total. The van der Waals surface area contributed by atoms with Crippen LogP contribution in [0.1, 0.15) is 18.2 Å². The van der Waals surface area contributed by atoms with Gasteiger partial charge in [-0.25, -0.2) is 8.42 Å². The van der Waals surface area contributed by atoms with Crippen molar-refractivity contribution in [2.45, 2.75) is 31.3 Å². The van der Waals surface area contributed by atoms with Crippen LogP contribution in [-0.4, -0.2) is 62.9 Å². The molecule has 1 saturated heterocycles. The number of benzene rings is 1. The Labute approximate surface area is 171 Å². The Balaban J connectivity index is 1.72. The number of hydrogen-bond donors (Lipinski definition) is 1. The van der Waals surface area contributed by atoms with Crippen LogP contribution in [0.4, 0.5) is 5.69 Å². The van der Waals surface area contributed by atoms with Gasteiger partial charge in [-0.05, 0) is 50.7 Å². The van der Waals surface area contributed by atoms with E-state index in [1.807, 2.05) is 18.0 Å². The standard InChI is InChI=1S/C20H27N3O5S/c1-15-6-7-17(13-19(15)29(25,26)23-8-11-27-12-9-23)21-20(24)16(2)22(3)14-18-5-4-10-28-18/h4-7,10,13,16H,8-9,11-12,14H2,1-3H3,(H,21,24)/t16-/m0/s1. The van der Waals surface area contributed by atoms with Crippen LogP contribution in [0.15, 0.2) is 45.9 Å². The number of nitrogens with zero attached hydrogens (tertiary/aromatic N) is 2. The van der Waals surface area contributed by atoms with E-state index in [0.29, 0.717) is 44.1 Å². The molecule has 1 aliphatic heterocycles. The molecule has 1 fully saturated rings. The Kier molecular flexibility index (Phi) is 6.74. The summed E-state index contributed by atoms with van der Waals surface area (Å²) in [6.45, 7) is 5.45. The van der Waals surface area contributed by atoms with Crippen molar-refractivity contribution in [3.05, 3.63) is 47.9 Å². The lowest BCUT2D eigenvalue weighted by atomic mass is 10.2. The molecule has 0 aliphatic carbocycles. The molecule has 0 saturated carbocycles. The highest BCUT2D eigenvalue weighted by atomic mass is 32.2. The van der Waals surface area contributed by atoms with Crippen molar-refractivity contribution in [1.82, 2.24) is 9.21 Å². The monoisotopic (exact) mass is 421 g/mol. The average Bonchev–Trinajstić information content (AvgIpc) is 3.22. The third-order valence-electron chi connectivity index (χ3n) is 5.07. The molecule has 1 aliphatic rings.